The second-order valence-electron chi connectivity index (χ2n) is 4.67. The minimum Gasteiger partial charge on any atom is -0.336 e. The number of hydrogen-bond acceptors (Lipinski definition) is 1. The van der Waals surface area contributed by atoms with Gasteiger partial charge in [-0.1, -0.05) is 35.7 Å². The van der Waals surface area contributed by atoms with Crippen LogP contribution in [0.5, 0.6) is 0 Å². The molecule has 17 heavy (non-hydrogen) atoms. The summed E-state index contributed by atoms with van der Waals surface area (Å²) in [5.41, 5.74) is -0.364. The molecule has 0 aromatic heterocycles. The summed E-state index contributed by atoms with van der Waals surface area (Å²) in [6.07, 6.45) is 2.09. The molecule has 1 saturated carbocycles. The van der Waals surface area contributed by atoms with Crippen LogP contribution in [0.3, 0.4) is 0 Å². The van der Waals surface area contributed by atoms with Crippen LogP contribution < -0.4 is 0 Å². The third kappa shape index (κ3) is 3.63. The summed E-state index contributed by atoms with van der Waals surface area (Å²) in [4.78, 5) is 13.7. The Hall–Kier alpha value is -0.190. The Bertz CT molecular complexity index is 255. The van der Waals surface area contributed by atoms with Crippen LogP contribution in [0.2, 0.25) is 0 Å². The van der Waals surface area contributed by atoms with Gasteiger partial charge in [0.1, 0.15) is 0 Å². The fourth-order valence-electron chi connectivity index (χ4n) is 2.65. The van der Waals surface area contributed by atoms with Gasteiger partial charge >= 0.3 is 0 Å². The van der Waals surface area contributed by atoms with Crippen LogP contribution in [0.15, 0.2) is 0 Å². The molecule has 1 aliphatic carbocycles. The molecule has 1 rings (SSSR count). The number of carbonyl (C=O) groups excluding carboxylic acids is 1. The van der Waals surface area contributed by atoms with Gasteiger partial charge < -0.3 is 4.90 Å². The Labute approximate surface area is 110 Å². The molecule has 0 aromatic rings. The molecule has 2 nitrogen and oxygen atoms in total. The second kappa shape index (κ2) is 6.66. The first-order chi connectivity index (χ1) is 8.05. The maximum Gasteiger partial charge on any atom is 0.255 e. The van der Waals surface area contributed by atoms with Crippen molar-refractivity contribution in [2.75, 3.05) is 18.4 Å². The van der Waals surface area contributed by atoms with E-state index in [0.717, 1.165) is 32.1 Å². The molecule has 1 aliphatic rings. The normalized spacial score (nSPS) is 18.6. The largest absolute Gasteiger partial charge is 0.336 e. The van der Waals surface area contributed by atoms with Crippen LogP contribution in [0.25, 0.3) is 0 Å². The van der Waals surface area contributed by atoms with E-state index in [2.05, 4.69) is 15.9 Å². The van der Waals surface area contributed by atoms with Crippen LogP contribution in [-0.2, 0) is 4.79 Å². The maximum absolute atomic E-state index is 12.5. The highest BCUT2D eigenvalue weighted by Gasteiger charge is 2.42. The van der Waals surface area contributed by atoms with E-state index < -0.39 is 13.0 Å². The minimum absolute atomic E-state index is 0.0720. The highest BCUT2D eigenvalue weighted by atomic mass is 79.9. The topological polar surface area (TPSA) is 20.3 Å². The molecule has 0 spiro atoms. The van der Waals surface area contributed by atoms with Gasteiger partial charge in [0.2, 0.25) is 5.91 Å². The smallest absolute Gasteiger partial charge is 0.255 e. The number of rotatable bonds is 6. The summed E-state index contributed by atoms with van der Waals surface area (Å²) in [6, 6.07) is 0. The minimum atomic E-state index is -2.45. The number of alkyl halides is 3. The molecule has 0 aliphatic heterocycles. The van der Waals surface area contributed by atoms with Gasteiger partial charge in [-0.3, -0.25) is 4.79 Å². The number of carbonyl (C=O) groups is 1. The van der Waals surface area contributed by atoms with Crippen molar-refractivity contribution in [3.63, 3.8) is 0 Å². The van der Waals surface area contributed by atoms with Gasteiger partial charge in [-0.25, -0.2) is 8.78 Å². The first-order valence-electron chi connectivity index (χ1n) is 6.19. The van der Waals surface area contributed by atoms with Gasteiger partial charge in [0.15, 0.2) is 0 Å². The van der Waals surface area contributed by atoms with Gasteiger partial charge in [-0.15, -0.1) is 0 Å². The van der Waals surface area contributed by atoms with Crippen molar-refractivity contribution in [3.8, 4) is 0 Å². The van der Waals surface area contributed by atoms with Gasteiger partial charge in [0.25, 0.3) is 6.43 Å². The molecule has 0 unspecified atom stereocenters. The van der Waals surface area contributed by atoms with E-state index in [4.69, 9.17) is 0 Å². The van der Waals surface area contributed by atoms with Crippen molar-refractivity contribution in [2.24, 2.45) is 5.41 Å². The SMILES string of the molecule is CCC1(C(=O)N(CCBr)CC(F)F)CCCC1. The summed E-state index contributed by atoms with van der Waals surface area (Å²) in [5, 5.41) is 0.547. The lowest BCUT2D eigenvalue weighted by molar-refractivity contribution is -0.143. The fourth-order valence-corrected chi connectivity index (χ4v) is 3.08. The third-order valence-corrected chi connectivity index (χ3v) is 4.05. The van der Waals surface area contributed by atoms with Crippen molar-refractivity contribution in [2.45, 2.75) is 45.5 Å². The van der Waals surface area contributed by atoms with Gasteiger partial charge in [-0.2, -0.15) is 0 Å². The first kappa shape index (κ1) is 14.9. The molecule has 0 saturated heterocycles. The summed E-state index contributed by atoms with van der Waals surface area (Å²) in [6.45, 7) is 1.91. The summed E-state index contributed by atoms with van der Waals surface area (Å²) in [5.74, 6) is -0.0720. The van der Waals surface area contributed by atoms with Crippen LogP contribution >= 0.6 is 15.9 Å². The monoisotopic (exact) mass is 311 g/mol. The molecule has 5 heteroatoms. The highest BCUT2D eigenvalue weighted by Crippen LogP contribution is 2.42. The fraction of sp³-hybridized carbons (Fsp3) is 0.917. The zero-order valence-corrected chi connectivity index (χ0v) is 11.8. The highest BCUT2D eigenvalue weighted by molar-refractivity contribution is 9.09. The molecular formula is C12H20BrF2NO. The molecule has 0 N–H and O–H groups in total. The standard InChI is InChI=1S/C12H20BrF2NO/c1-2-12(5-3-4-6-12)11(17)16(8-7-13)9-10(14)15/h10H,2-9H2,1H3. The Morgan fingerprint density at radius 1 is 1.41 bits per heavy atom. The second-order valence-corrected chi connectivity index (χ2v) is 5.47. The molecule has 0 heterocycles. The van der Waals surface area contributed by atoms with Gasteiger partial charge in [0.05, 0.1) is 6.54 Å². The van der Waals surface area contributed by atoms with Crippen LogP contribution in [0, 0.1) is 5.41 Å². The van der Waals surface area contributed by atoms with E-state index in [1.54, 1.807) is 0 Å². The first-order valence-corrected chi connectivity index (χ1v) is 7.31. The van der Waals surface area contributed by atoms with Crippen molar-refractivity contribution < 1.29 is 13.6 Å². The zero-order chi connectivity index (χ0) is 12.9. The average molecular weight is 312 g/mol. The summed E-state index contributed by atoms with van der Waals surface area (Å²) < 4.78 is 25.0. The lowest BCUT2D eigenvalue weighted by Gasteiger charge is -2.33. The molecular weight excluding hydrogens is 292 g/mol. The maximum atomic E-state index is 12.5. The number of hydrogen-bond donors (Lipinski definition) is 0. The molecule has 0 aromatic carbocycles. The van der Waals surface area contributed by atoms with Gasteiger partial charge in [-0.05, 0) is 19.3 Å². The van der Waals surface area contributed by atoms with Crippen molar-refractivity contribution in [1.29, 1.82) is 0 Å². The van der Waals surface area contributed by atoms with E-state index >= 15 is 0 Å². The Balaban J connectivity index is 2.74. The lowest BCUT2D eigenvalue weighted by Crippen LogP contribution is -2.45. The Kier molecular flexibility index (Phi) is 5.83. The molecule has 1 amide bonds. The van der Waals surface area contributed by atoms with Crippen molar-refractivity contribution >= 4 is 21.8 Å². The lowest BCUT2D eigenvalue weighted by atomic mass is 9.82. The van der Waals surface area contributed by atoms with Crippen LogP contribution in [-0.4, -0.2) is 35.7 Å². The zero-order valence-electron chi connectivity index (χ0n) is 10.2. The molecule has 100 valence electrons. The van der Waals surface area contributed by atoms with Crippen LogP contribution in [0.4, 0.5) is 8.78 Å². The van der Waals surface area contributed by atoms with Crippen molar-refractivity contribution in [3.05, 3.63) is 0 Å². The summed E-state index contributed by atoms with van der Waals surface area (Å²) in [7, 11) is 0. The molecule has 1 fully saturated rings. The predicted octanol–water partition coefficient (Wildman–Crippen LogP) is 3.45. The van der Waals surface area contributed by atoms with E-state index in [1.165, 1.54) is 4.90 Å². The van der Waals surface area contributed by atoms with E-state index in [-0.39, 0.29) is 11.3 Å². The predicted molar refractivity (Wildman–Crippen MR) is 67.6 cm³/mol. The Morgan fingerprint density at radius 3 is 2.41 bits per heavy atom. The molecule has 0 radical (unpaired) electrons. The van der Waals surface area contributed by atoms with Crippen molar-refractivity contribution in [1.82, 2.24) is 4.90 Å². The van der Waals surface area contributed by atoms with E-state index in [1.807, 2.05) is 6.92 Å². The summed E-state index contributed by atoms with van der Waals surface area (Å²) >= 11 is 3.22. The quantitative estimate of drug-likeness (QED) is 0.688. The van der Waals surface area contributed by atoms with Crippen LogP contribution in [0.1, 0.15) is 39.0 Å². The number of amides is 1. The molecule has 0 bridgehead atoms. The number of nitrogens with zero attached hydrogens (tertiary/aromatic N) is 1. The van der Waals surface area contributed by atoms with E-state index in [0.29, 0.717) is 11.9 Å². The third-order valence-electron chi connectivity index (χ3n) is 3.69. The Morgan fingerprint density at radius 2 is 2.00 bits per heavy atom. The number of halogens is 3. The van der Waals surface area contributed by atoms with E-state index in [9.17, 15) is 13.6 Å². The average Bonchev–Trinajstić information content (AvgIpc) is 2.76. The van der Waals surface area contributed by atoms with Gasteiger partial charge in [0, 0.05) is 17.3 Å². The molecule has 0 atom stereocenters.